The van der Waals surface area contributed by atoms with E-state index in [2.05, 4.69) is 81.4 Å². The molecule has 0 radical (unpaired) electrons. The second-order valence-electron chi connectivity index (χ2n) is 13.0. The lowest BCUT2D eigenvalue weighted by atomic mass is 9.68. The molecule has 7 heteroatoms. The Morgan fingerprint density at radius 2 is 2.02 bits per heavy atom. The Hall–Kier alpha value is -3.71. The minimum Gasteiger partial charge on any atom is -0.488 e. The first-order chi connectivity index (χ1) is 20.6. The van der Waals surface area contributed by atoms with Crippen molar-refractivity contribution in [3.63, 3.8) is 0 Å². The Morgan fingerprint density at radius 3 is 2.79 bits per heavy atom. The molecule has 43 heavy (non-hydrogen) atoms. The number of nitrogens with one attached hydrogen (secondary N) is 2. The zero-order chi connectivity index (χ0) is 30.7. The van der Waals surface area contributed by atoms with Crippen LogP contribution in [0.25, 0.3) is 10.9 Å². The fourth-order valence-corrected chi connectivity index (χ4v) is 6.50. The molecule has 230 valence electrons. The SMILES string of the molecule is CCCc1cc(OC(=O)N/C=C(\C)COc2cccc3[nH]cc(CCN(C)C)c23)c2c(c1)OC(C)(C)C1CCC(C)=CC21. The van der Waals surface area contributed by atoms with E-state index in [4.69, 9.17) is 14.2 Å². The van der Waals surface area contributed by atoms with E-state index in [1.165, 1.54) is 11.1 Å². The molecule has 0 bridgehead atoms. The first kappa shape index (κ1) is 30.7. The molecule has 1 aliphatic carbocycles. The highest BCUT2D eigenvalue weighted by Gasteiger charge is 2.45. The van der Waals surface area contributed by atoms with Gasteiger partial charge in [0.15, 0.2) is 0 Å². The lowest BCUT2D eigenvalue weighted by molar-refractivity contribution is 0.0108. The van der Waals surface area contributed by atoms with Gasteiger partial charge in [-0.2, -0.15) is 0 Å². The van der Waals surface area contributed by atoms with Gasteiger partial charge in [0.2, 0.25) is 0 Å². The van der Waals surface area contributed by atoms with Crippen LogP contribution in [0.3, 0.4) is 0 Å². The number of hydrogen-bond donors (Lipinski definition) is 2. The minimum atomic E-state index is -0.521. The van der Waals surface area contributed by atoms with E-state index in [0.717, 1.165) is 77.8 Å². The van der Waals surface area contributed by atoms with Gasteiger partial charge in [0.25, 0.3) is 0 Å². The van der Waals surface area contributed by atoms with Gasteiger partial charge in [-0.1, -0.05) is 31.1 Å². The van der Waals surface area contributed by atoms with Crippen LogP contribution in [0, 0.1) is 5.92 Å². The molecule has 1 aliphatic heterocycles. The highest BCUT2D eigenvalue weighted by molar-refractivity contribution is 5.89. The number of carbonyl (C=O) groups excluding carboxylic acids is 1. The van der Waals surface area contributed by atoms with Crippen molar-refractivity contribution in [1.29, 1.82) is 0 Å². The summed E-state index contributed by atoms with van der Waals surface area (Å²) in [7, 11) is 4.16. The Morgan fingerprint density at radius 1 is 1.21 bits per heavy atom. The van der Waals surface area contributed by atoms with Gasteiger partial charge in [-0.3, -0.25) is 5.32 Å². The number of aromatic nitrogens is 1. The van der Waals surface area contributed by atoms with E-state index in [0.29, 0.717) is 18.3 Å². The molecular formula is C36H47N3O4. The van der Waals surface area contributed by atoms with Gasteiger partial charge in [0.1, 0.15) is 29.5 Å². The van der Waals surface area contributed by atoms with Crippen molar-refractivity contribution in [2.75, 3.05) is 27.2 Å². The predicted octanol–water partition coefficient (Wildman–Crippen LogP) is 7.91. The monoisotopic (exact) mass is 585 g/mol. The first-order valence-corrected chi connectivity index (χ1v) is 15.6. The van der Waals surface area contributed by atoms with Gasteiger partial charge in [-0.15, -0.1) is 0 Å². The summed E-state index contributed by atoms with van der Waals surface area (Å²) in [6.45, 7) is 11.9. The quantitative estimate of drug-likeness (QED) is 0.237. The predicted molar refractivity (Wildman–Crippen MR) is 173 cm³/mol. The van der Waals surface area contributed by atoms with E-state index in [9.17, 15) is 4.79 Å². The van der Waals surface area contributed by atoms with Crippen molar-refractivity contribution in [3.05, 3.63) is 76.6 Å². The van der Waals surface area contributed by atoms with Gasteiger partial charge >= 0.3 is 6.09 Å². The number of nitrogens with zero attached hydrogens (tertiary/aromatic N) is 1. The van der Waals surface area contributed by atoms with Crippen LogP contribution >= 0.6 is 0 Å². The smallest absolute Gasteiger partial charge is 0.416 e. The van der Waals surface area contributed by atoms with E-state index >= 15 is 0 Å². The number of amides is 1. The molecule has 5 rings (SSSR count). The van der Waals surface area contributed by atoms with Crippen LogP contribution < -0.4 is 19.5 Å². The third kappa shape index (κ3) is 6.93. The standard InChI is InChI=1S/C36H47N3O4/c1-8-10-25-18-31(34-27-17-23(2)13-14-28(27)36(4,5)43-32(34)19-25)42-35(40)38-20-24(3)22-41-30-12-9-11-29-33(30)26(21-37-29)15-16-39(6)7/h9,11-12,17-21,27-28,37H,8,10,13-16,22H2,1-7H3,(H,38,40)/b24-20+. The average molecular weight is 586 g/mol. The Bertz CT molecular complexity index is 1530. The van der Waals surface area contributed by atoms with Crippen molar-refractivity contribution < 1.29 is 19.0 Å². The number of hydrogen-bond acceptors (Lipinski definition) is 5. The lowest BCUT2D eigenvalue weighted by Gasteiger charge is -2.46. The average Bonchev–Trinajstić information content (AvgIpc) is 3.37. The maximum absolute atomic E-state index is 13.1. The van der Waals surface area contributed by atoms with Crippen molar-refractivity contribution >= 4 is 17.0 Å². The molecule has 7 nitrogen and oxygen atoms in total. The summed E-state index contributed by atoms with van der Waals surface area (Å²) in [6, 6.07) is 10.2. The Balaban J connectivity index is 1.30. The van der Waals surface area contributed by atoms with Gasteiger partial charge in [-0.05, 0) is 108 Å². The molecule has 0 fully saturated rings. The fraction of sp³-hybridized carbons (Fsp3) is 0.472. The number of allylic oxidation sites excluding steroid dienone is 2. The second kappa shape index (κ2) is 12.9. The summed E-state index contributed by atoms with van der Waals surface area (Å²) in [5.74, 6) is 2.71. The van der Waals surface area contributed by atoms with E-state index in [1.807, 2.05) is 25.1 Å². The molecular weight excluding hydrogens is 538 g/mol. The number of aromatic amines is 1. The first-order valence-electron chi connectivity index (χ1n) is 15.6. The molecule has 2 heterocycles. The van der Waals surface area contributed by atoms with Crippen LogP contribution in [-0.4, -0.2) is 48.8 Å². The molecule has 1 amide bonds. The highest BCUT2D eigenvalue weighted by Crippen LogP contribution is 2.53. The molecule has 2 aromatic carbocycles. The number of carbonyl (C=O) groups is 1. The van der Waals surface area contributed by atoms with E-state index in [-0.39, 0.29) is 11.5 Å². The van der Waals surface area contributed by atoms with Crippen molar-refractivity contribution in [3.8, 4) is 17.2 Å². The molecule has 3 aromatic rings. The van der Waals surface area contributed by atoms with Crippen LogP contribution in [0.5, 0.6) is 17.2 Å². The normalized spacial score (nSPS) is 19.3. The summed E-state index contributed by atoms with van der Waals surface area (Å²) in [5.41, 5.74) is 6.33. The number of rotatable bonds is 10. The molecule has 2 unspecified atom stereocenters. The van der Waals surface area contributed by atoms with Crippen LogP contribution in [0.4, 0.5) is 4.79 Å². The summed E-state index contributed by atoms with van der Waals surface area (Å²) >= 11 is 0. The summed E-state index contributed by atoms with van der Waals surface area (Å²) in [6.07, 6.45) is 10.5. The number of likely N-dealkylation sites (N-methyl/N-ethyl adjacent to an activating group) is 1. The number of aryl methyl sites for hydroxylation is 1. The maximum Gasteiger partial charge on any atom is 0.416 e. The van der Waals surface area contributed by atoms with Crippen molar-refractivity contribution in [2.24, 2.45) is 5.92 Å². The fourth-order valence-electron chi connectivity index (χ4n) is 6.50. The minimum absolute atomic E-state index is 0.149. The lowest BCUT2D eigenvalue weighted by Crippen LogP contribution is -2.45. The number of ether oxygens (including phenoxy) is 3. The van der Waals surface area contributed by atoms with E-state index in [1.54, 1.807) is 6.20 Å². The summed E-state index contributed by atoms with van der Waals surface area (Å²) in [5, 5.41) is 3.94. The van der Waals surface area contributed by atoms with Crippen molar-refractivity contribution in [1.82, 2.24) is 15.2 Å². The molecule has 2 aliphatic rings. The van der Waals surface area contributed by atoms with E-state index < -0.39 is 6.09 Å². The zero-order valence-electron chi connectivity index (χ0n) is 26.8. The Kier molecular flexibility index (Phi) is 9.21. The molecule has 0 spiro atoms. The third-order valence-electron chi connectivity index (χ3n) is 8.72. The van der Waals surface area contributed by atoms with Gasteiger partial charge in [0.05, 0.1) is 0 Å². The van der Waals surface area contributed by atoms with Gasteiger partial charge in [-0.25, -0.2) is 4.79 Å². The van der Waals surface area contributed by atoms with Crippen molar-refractivity contribution in [2.45, 2.75) is 78.2 Å². The van der Waals surface area contributed by atoms with Crippen LogP contribution in [0.2, 0.25) is 0 Å². The summed E-state index contributed by atoms with van der Waals surface area (Å²) in [4.78, 5) is 18.7. The Labute approximate surface area is 256 Å². The van der Waals surface area contributed by atoms with Crippen LogP contribution in [0.1, 0.15) is 76.5 Å². The highest BCUT2D eigenvalue weighted by atomic mass is 16.6. The number of benzene rings is 2. The van der Waals surface area contributed by atoms with Crippen LogP contribution in [-0.2, 0) is 12.8 Å². The van der Waals surface area contributed by atoms with Gasteiger partial charge in [0, 0.05) is 47.2 Å². The van der Waals surface area contributed by atoms with Gasteiger partial charge < -0.3 is 24.1 Å². The maximum atomic E-state index is 13.1. The second-order valence-corrected chi connectivity index (χ2v) is 13.0. The summed E-state index contributed by atoms with van der Waals surface area (Å²) < 4.78 is 18.8. The zero-order valence-corrected chi connectivity index (χ0v) is 26.8. The molecule has 0 saturated carbocycles. The number of H-pyrrole nitrogens is 1. The third-order valence-corrected chi connectivity index (χ3v) is 8.72. The molecule has 0 saturated heterocycles. The van der Waals surface area contributed by atoms with Crippen LogP contribution in [0.15, 0.2) is 60.0 Å². The topological polar surface area (TPSA) is 75.8 Å². The molecule has 1 aromatic heterocycles. The largest absolute Gasteiger partial charge is 0.488 e. The number of fused-ring (bicyclic) bond motifs is 4. The molecule has 2 N–H and O–H groups in total. The molecule has 2 atom stereocenters.